The van der Waals surface area contributed by atoms with Crippen molar-refractivity contribution in [2.24, 2.45) is 0 Å². The Morgan fingerprint density at radius 2 is 1.86 bits per heavy atom. The highest BCUT2D eigenvalue weighted by Gasteiger charge is 2.15. The lowest BCUT2D eigenvalue weighted by atomic mass is 10.0. The first-order valence-corrected chi connectivity index (χ1v) is 9.75. The summed E-state index contributed by atoms with van der Waals surface area (Å²) in [6.07, 6.45) is 2.33. The molecule has 0 spiro atoms. The van der Waals surface area contributed by atoms with Crippen molar-refractivity contribution >= 4 is 23.1 Å². The van der Waals surface area contributed by atoms with Crippen molar-refractivity contribution in [1.82, 2.24) is 4.40 Å². The van der Waals surface area contributed by atoms with E-state index < -0.39 is 0 Å². The van der Waals surface area contributed by atoms with Crippen molar-refractivity contribution in [3.8, 4) is 11.1 Å². The maximum absolute atomic E-state index is 14.3. The summed E-state index contributed by atoms with van der Waals surface area (Å²) in [4.78, 5) is 11.9. The van der Waals surface area contributed by atoms with Gasteiger partial charge in [-0.1, -0.05) is 35.9 Å². The molecule has 0 bridgehead atoms. The van der Waals surface area contributed by atoms with Crippen molar-refractivity contribution in [1.29, 1.82) is 0 Å². The van der Waals surface area contributed by atoms with Gasteiger partial charge >= 0.3 is 5.97 Å². The van der Waals surface area contributed by atoms with E-state index in [1.807, 2.05) is 47.0 Å². The fourth-order valence-electron chi connectivity index (χ4n) is 3.47. The second kappa shape index (κ2) is 8.10. The second-order valence-corrected chi connectivity index (χ2v) is 7.09. The van der Waals surface area contributed by atoms with Crippen molar-refractivity contribution in [2.45, 2.75) is 13.3 Å². The Hall–Kier alpha value is -3.11. The number of halogens is 2. The van der Waals surface area contributed by atoms with Gasteiger partial charge < -0.3 is 9.14 Å². The smallest absolute Gasteiger partial charge is 0.338 e. The number of benzene rings is 2. The highest BCUT2D eigenvalue weighted by molar-refractivity contribution is 6.31. The van der Waals surface area contributed by atoms with Gasteiger partial charge in [0, 0.05) is 34.5 Å². The van der Waals surface area contributed by atoms with E-state index in [-0.39, 0.29) is 11.8 Å². The molecule has 0 radical (unpaired) electrons. The Morgan fingerprint density at radius 3 is 2.59 bits per heavy atom. The average molecular weight is 408 g/mol. The molecule has 0 saturated heterocycles. The van der Waals surface area contributed by atoms with Crippen LogP contribution in [0.5, 0.6) is 0 Å². The van der Waals surface area contributed by atoms with Gasteiger partial charge in [-0.3, -0.25) is 0 Å². The Labute approximate surface area is 173 Å². The first-order chi connectivity index (χ1) is 14.1. The molecule has 4 rings (SSSR count). The minimum absolute atomic E-state index is 0.316. The molecule has 0 atom stereocenters. The predicted octanol–water partition coefficient (Wildman–Crippen LogP) is 6.17. The summed E-state index contributed by atoms with van der Waals surface area (Å²) in [7, 11) is 0. The zero-order chi connectivity index (χ0) is 20.4. The van der Waals surface area contributed by atoms with E-state index in [1.165, 1.54) is 6.07 Å². The van der Waals surface area contributed by atoms with Crippen molar-refractivity contribution in [3.63, 3.8) is 0 Å². The SMILES string of the molecule is CCOC(=O)c1ccc(-c2cc(Cc3c(F)cccc3Cl)n3ccccc23)cc1. The number of hydrogen-bond donors (Lipinski definition) is 0. The van der Waals surface area contributed by atoms with Crippen LogP contribution >= 0.6 is 11.6 Å². The molecular formula is C24H19ClFNO2. The fraction of sp³-hybridized carbons (Fsp3) is 0.125. The van der Waals surface area contributed by atoms with Gasteiger partial charge in [0.1, 0.15) is 5.82 Å². The van der Waals surface area contributed by atoms with Gasteiger partial charge in [-0.2, -0.15) is 0 Å². The molecule has 2 aromatic heterocycles. The normalized spacial score (nSPS) is 11.0. The number of pyridine rings is 1. The number of rotatable bonds is 5. The summed E-state index contributed by atoms with van der Waals surface area (Å²) < 4.78 is 21.4. The second-order valence-electron chi connectivity index (χ2n) is 6.68. The van der Waals surface area contributed by atoms with E-state index in [0.717, 1.165) is 22.3 Å². The number of esters is 1. The predicted molar refractivity (Wildman–Crippen MR) is 113 cm³/mol. The molecule has 0 unspecified atom stereocenters. The highest BCUT2D eigenvalue weighted by atomic mass is 35.5. The van der Waals surface area contributed by atoms with E-state index in [0.29, 0.717) is 29.2 Å². The number of hydrogen-bond acceptors (Lipinski definition) is 2. The van der Waals surface area contributed by atoms with Crippen LogP contribution in [-0.2, 0) is 11.2 Å². The lowest BCUT2D eigenvalue weighted by Gasteiger charge is -2.06. The number of nitrogens with zero attached hydrogens (tertiary/aromatic N) is 1. The van der Waals surface area contributed by atoms with Gasteiger partial charge in [-0.05, 0) is 55.0 Å². The fourth-order valence-corrected chi connectivity index (χ4v) is 3.70. The molecule has 146 valence electrons. The van der Waals surface area contributed by atoms with Gasteiger partial charge in [0.15, 0.2) is 0 Å². The minimum atomic E-state index is -0.337. The van der Waals surface area contributed by atoms with Crippen LogP contribution in [0.4, 0.5) is 4.39 Å². The van der Waals surface area contributed by atoms with E-state index in [4.69, 9.17) is 16.3 Å². The molecule has 0 aliphatic rings. The third-order valence-electron chi connectivity index (χ3n) is 4.88. The average Bonchev–Trinajstić information content (AvgIpc) is 3.10. The molecule has 3 nitrogen and oxygen atoms in total. The van der Waals surface area contributed by atoms with Crippen LogP contribution in [0.3, 0.4) is 0 Å². The summed E-state index contributed by atoms with van der Waals surface area (Å²) in [6.45, 7) is 2.12. The molecule has 29 heavy (non-hydrogen) atoms. The lowest BCUT2D eigenvalue weighted by molar-refractivity contribution is 0.0526. The van der Waals surface area contributed by atoms with Crippen LogP contribution in [0.25, 0.3) is 16.6 Å². The first-order valence-electron chi connectivity index (χ1n) is 9.38. The third kappa shape index (κ3) is 3.76. The summed E-state index contributed by atoms with van der Waals surface area (Å²) >= 11 is 6.23. The van der Waals surface area contributed by atoms with Gasteiger partial charge in [0.05, 0.1) is 17.7 Å². The van der Waals surface area contributed by atoms with Crippen LogP contribution in [0.15, 0.2) is 72.9 Å². The van der Waals surface area contributed by atoms with Crippen LogP contribution in [0, 0.1) is 5.82 Å². The summed E-state index contributed by atoms with van der Waals surface area (Å²) in [5.74, 6) is -0.653. The minimum Gasteiger partial charge on any atom is -0.462 e. The molecule has 2 aromatic carbocycles. The quantitative estimate of drug-likeness (QED) is 0.370. The third-order valence-corrected chi connectivity index (χ3v) is 5.24. The Bertz CT molecular complexity index is 1160. The number of fused-ring (bicyclic) bond motifs is 1. The Balaban J connectivity index is 1.76. The van der Waals surface area contributed by atoms with Gasteiger partial charge in [0.2, 0.25) is 0 Å². The molecule has 4 aromatic rings. The van der Waals surface area contributed by atoms with Gasteiger partial charge in [-0.15, -0.1) is 0 Å². The molecule has 0 fully saturated rings. The van der Waals surface area contributed by atoms with Crippen LogP contribution in [0.2, 0.25) is 5.02 Å². The number of ether oxygens (including phenoxy) is 1. The monoisotopic (exact) mass is 407 g/mol. The Kier molecular flexibility index (Phi) is 5.36. The van der Waals surface area contributed by atoms with E-state index >= 15 is 0 Å². The first kappa shape index (κ1) is 19.2. The summed E-state index contributed by atoms with van der Waals surface area (Å²) in [5.41, 5.74) is 4.88. The molecule has 5 heteroatoms. The van der Waals surface area contributed by atoms with E-state index in [2.05, 4.69) is 0 Å². The number of carbonyl (C=O) groups is 1. The zero-order valence-corrected chi connectivity index (χ0v) is 16.6. The molecule has 0 saturated carbocycles. The zero-order valence-electron chi connectivity index (χ0n) is 15.9. The maximum atomic E-state index is 14.3. The maximum Gasteiger partial charge on any atom is 0.338 e. The summed E-state index contributed by atoms with van der Waals surface area (Å²) in [5, 5.41) is 0.413. The van der Waals surface area contributed by atoms with Crippen LogP contribution < -0.4 is 0 Å². The van der Waals surface area contributed by atoms with Gasteiger partial charge in [-0.25, -0.2) is 9.18 Å². The van der Waals surface area contributed by atoms with Crippen molar-refractivity contribution in [3.05, 3.63) is 101 Å². The standard InChI is InChI=1S/C24H19ClFNO2/c1-2-29-24(28)17-11-9-16(10-12-17)19-14-18(27-13-4-3-8-23(19)27)15-20-21(25)6-5-7-22(20)26/h3-14H,2,15H2,1H3. The van der Waals surface area contributed by atoms with E-state index in [1.54, 1.807) is 31.2 Å². The molecular weight excluding hydrogens is 389 g/mol. The molecule has 0 N–H and O–H groups in total. The van der Waals surface area contributed by atoms with E-state index in [9.17, 15) is 9.18 Å². The molecule has 0 amide bonds. The highest BCUT2D eigenvalue weighted by Crippen LogP contribution is 2.31. The van der Waals surface area contributed by atoms with Gasteiger partial charge in [0.25, 0.3) is 0 Å². The molecule has 0 aliphatic heterocycles. The topological polar surface area (TPSA) is 30.7 Å². The van der Waals surface area contributed by atoms with Crippen molar-refractivity contribution < 1.29 is 13.9 Å². The van der Waals surface area contributed by atoms with Crippen LogP contribution in [0.1, 0.15) is 28.5 Å². The number of carbonyl (C=O) groups excluding carboxylic acids is 1. The largest absolute Gasteiger partial charge is 0.462 e. The Morgan fingerprint density at radius 1 is 1.07 bits per heavy atom. The summed E-state index contributed by atoms with van der Waals surface area (Å²) in [6, 6.07) is 20.0. The molecule has 0 aliphatic carbocycles. The van der Waals surface area contributed by atoms with Crippen molar-refractivity contribution in [2.75, 3.05) is 6.61 Å². The molecule has 2 heterocycles. The number of aromatic nitrogens is 1. The lowest BCUT2D eigenvalue weighted by Crippen LogP contribution is -2.03. The van der Waals surface area contributed by atoms with Crippen LogP contribution in [-0.4, -0.2) is 17.0 Å².